The van der Waals surface area contributed by atoms with E-state index in [1.807, 2.05) is 6.07 Å². The minimum Gasteiger partial charge on any atom is -0.382 e. The number of H-pyrrole nitrogens is 1. The largest absolute Gasteiger partial charge is 0.382 e. The van der Waals surface area contributed by atoms with Gasteiger partial charge in [0, 0.05) is 11.6 Å². The van der Waals surface area contributed by atoms with Crippen LogP contribution in [0.4, 0.5) is 5.82 Å². The molecule has 1 aromatic carbocycles. The van der Waals surface area contributed by atoms with E-state index in [4.69, 9.17) is 22.6 Å². The monoisotopic (exact) mass is 218 g/mol. The average molecular weight is 219 g/mol. The van der Waals surface area contributed by atoms with E-state index < -0.39 is 0 Å². The number of aromatic amines is 1. The summed E-state index contributed by atoms with van der Waals surface area (Å²) < 4.78 is 0. The summed E-state index contributed by atoms with van der Waals surface area (Å²) in [6.45, 7) is 0. The molecule has 0 fully saturated rings. The molecule has 0 aliphatic carbocycles. The molecule has 74 valence electrons. The summed E-state index contributed by atoms with van der Waals surface area (Å²) in [6.07, 6.45) is 0. The Kier molecular flexibility index (Phi) is 2.32. The number of nitrogens with two attached hydrogens (primary N) is 1. The van der Waals surface area contributed by atoms with Gasteiger partial charge in [-0.3, -0.25) is 5.10 Å². The van der Waals surface area contributed by atoms with Crippen LogP contribution >= 0.6 is 11.6 Å². The van der Waals surface area contributed by atoms with Gasteiger partial charge in [-0.1, -0.05) is 17.7 Å². The summed E-state index contributed by atoms with van der Waals surface area (Å²) in [5.41, 5.74) is 7.52. The smallest absolute Gasteiger partial charge is 0.145 e. The van der Waals surface area contributed by atoms with Crippen LogP contribution < -0.4 is 5.73 Å². The maximum atomic E-state index is 8.68. The van der Waals surface area contributed by atoms with E-state index in [2.05, 4.69) is 10.2 Å². The zero-order chi connectivity index (χ0) is 10.8. The highest BCUT2D eigenvalue weighted by Gasteiger charge is 2.06. The summed E-state index contributed by atoms with van der Waals surface area (Å²) in [6, 6.07) is 8.76. The highest BCUT2D eigenvalue weighted by atomic mass is 35.5. The number of halogens is 1. The van der Waals surface area contributed by atoms with Crippen molar-refractivity contribution in [3.63, 3.8) is 0 Å². The number of hydrogen-bond acceptors (Lipinski definition) is 3. The first-order chi connectivity index (χ1) is 7.20. The van der Waals surface area contributed by atoms with E-state index in [1.54, 1.807) is 24.3 Å². The molecule has 0 aliphatic rings. The Hall–Kier alpha value is -1.99. The van der Waals surface area contributed by atoms with Crippen LogP contribution in [-0.2, 0) is 0 Å². The second kappa shape index (κ2) is 3.64. The number of benzene rings is 1. The molecular formula is C10H7ClN4. The molecule has 0 spiro atoms. The maximum Gasteiger partial charge on any atom is 0.145 e. The molecule has 0 unspecified atom stereocenters. The highest BCUT2D eigenvalue weighted by molar-refractivity contribution is 6.33. The fourth-order valence-corrected chi connectivity index (χ4v) is 1.56. The van der Waals surface area contributed by atoms with Crippen LogP contribution in [0.3, 0.4) is 0 Å². The van der Waals surface area contributed by atoms with Gasteiger partial charge in [0.2, 0.25) is 0 Å². The van der Waals surface area contributed by atoms with E-state index >= 15 is 0 Å². The van der Waals surface area contributed by atoms with Crippen molar-refractivity contribution in [2.24, 2.45) is 0 Å². The van der Waals surface area contributed by atoms with Gasteiger partial charge in [-0.25, -0.2) is 0 Å². The zero-order valence-electron chi connectivity index (χ0n) is 7.66. The minimum atomic E-state index is 0.408. The van der Waals surface area contributed by atoms with Gasteiger partial charge < -0.3 is 5.73 Å². The lowest BCUT2D eigenvalue weighted by molar-refractivity contribution is 1.10. The first kappa shape index (κ1) is 9.56. The first-order valence-corrected chi connectivity index (χ1v) is 4.59. The summed E-state index contributed by atoms with van der Waals surface area (Å²) in [5.74, 6) is 0.408. The molecule has 1 aromatic heterocycles. The van der Waals surface area contributed by atoms with E-state index in [-0.39, 0.29) is 0 Å². The normalized spacial score (nSPS) is 9.87. The van der Waals surface area contributed by atoms with Gasteiger partial charge >= 0.3 is 0 Å². The molecule has 2 aromatic rings. The van der Waals surface area contributed by atoms with Crippen molar-refractivity contribution >= 4 is 17.4 Å². The zero-order valence-corrected chi connectivity index (χ0v) is 8.42. The molecule has 0 saturated carbocycles. The Balaban J connectivity index is 2.51. The lowest BCUT2D eigenvalue weighted by Crippen LogP contribution is -1.82. The SMILES string of the molecule is N#Cc1ccc(-c2cc(N)n[nH]2)c(Cl)c1. The van der Waals surface area contributed by atoms with Crippen molar-refractivity contribution in [3.8, 4) is 17.3 Å². The molecule has 2 rings (SSSR count). The average Bonchev–Trinajstić information content (AvgIpc) is 2.64. The third-order valence-corrected chi connectivity index (χ3v) is 2.30. The van der Waals surface area contributed by atoms with E-state index in [9.17, 15) is 0 Å². The number of anilines is 1. The van der Waals surface area contributed by atoms with Crippen LogP contribution in [0.15, 0.2) is 24.3 Å². The molecule has 0 amide bonds. The third-order valence-electron chi connectivity index (χ3n) is 1.99. The van der Waals surface area contributed by atoms with Gasteiger partial charge in [0.15, 0.2) is 0 Å². The standard InChI is InChI=1S/C10H7ClN4/c11-8-3-6(5-12)1-2-7(8)9-4-10(13)15-14-9/h1-4H,(H3,13,14,15). The van der Waals surface area contributed by atoms with Crippen molar-refractivity contribution in [1.82, 2.24) is 10.2 Å². The molecule has 0 radical (unpaired) electrons. The molecule has 4 nitrogen and oxygen atoms in total. The van der Waals surface area contributed by atoms with Gasteiger partial charge in [-0.05, 0) is 12.1 Å². The molecule has 0 saturated heterocycles. The van der Waals surface area contributed by atoms with Crippen molar-refractivity contribution in [1.29, 1.82) is 5.26 Å². The van der Waals surface area contributed by atoms with Crippen molar-refractivity contribution < 1.29 is 0 Å². The second-order valence-corrected chi connectivity index (χ2v) is 3.42. The molecule has 0 atom stereocenters. The number of nitrogens with zero attached hydrogens (tertiary/aromatic N) is 2. The lowest BCUT2D eigenvalue weighted by Gasteiger charge is -2.00. The van der Waals surface area contributed by atoms with Crippen molar-refractivity contribution in [2.45, 2.75) is 0 Å². The van der Waals surface area contributed by atoms with Crippen molar-refractivity contribution in [3.05, 3.63) is 34.9 Å². The lowest BCUT2D eigenvalue weighted by atomic mass is 10.1. The highest BCUT2D eigenvalue weighted by Crippen LogP contribution is 2.27. The van der Waals surface area contributed by atoms with E-state index in [1.165, 1.54) is 0 Å². The minimum absolute atomic E-state index is 0.408. The van der Waals surface area contributed by atoms with Gasteiger partial charge in [0.25, 0.3) is 0 Å². The molecule has 5 heteroatoms. The van der Waals surface area contributed by atoms with Gasteiger partial charge in [-0.15, -0.1) is 0 Å². The number of rotatable bonds is 1. The molecule has 1 heterocycles. The van der Waals surface area contributed by atoms with Gasteiger partial charge in [0.05, 0.1) is 22.3 Å². The number of aromatic nitrogens is 2. The molecule has 15 heavy (non-hydrogen) atoms. The predicted molar refractivity (Wildman–Crippen MR) is 58.2 cm³/mol. The topological polar surface area (TPSA) is 78.5 Å². The van der Waals surface area contributed by atoms with Crippen LogP contribution in [0.1, 0.15) is 5.56 Å². The van der Waals surface area contributed by atoms with Crippen LogP contribution in [0, 0.1) is 11.3 Å². The summed E-state index contributed by atoms with van der Waals surface area (Å²) in [7, 11) is 0. The Labute approximate surface area is 91.3 Å². The Morgan fingerprint density at radius 3 is 2.73 bits per heavy atom. The first-order valence-electron chi connectivity index (χ1n) is 4.21. The predicted octanol–water partition coefficient (Wildman–Crippen LogP) is 2.18. The van der Waals surface area contributed by atoms with Crippen LogP contribution in [0.25, 0.3) is 11.3 Å². The number of hydrogen-bond donors (Lipinski definition) is 2. The molecule has 3 N–H and O–H groups in total. The molecule has 0 bridgehead atoms. The van der Waals surface area contributed by atoms with E-state index in [0.29, 0.717) is 16.4 Å². The third kappa shape index (κ3) is 1.78. The summed E-state index contributed by atoms with van der Waals surface area (Å²) >= 11 is 6.01. The fraction of sp³-hybridized carbons (Fsp3) is 0. The maximum absolute atomic E-state index is 8.68. The van der Waals surface area contributed by atoms with Crippen LogP contribution in [-0.4, -0.2) is 10.2 Å². The molecular weight excluding hydrogens is 212 g/mol. The van der Waals surface area contributed by atoms with Crippen molar-refractivity contribution in [2.75, 3.05) is 5.73 Å². The van der Waals surface area contributed by atoms with Gasteiger partial charge in [0.1, 0.15) is 5.82 Å². The molecule has 0 aliphatic heterocycles. The second-order valence-electron chi connectivity index (χ2n) is 3.01. The Morgan fingerprint density at radius 1 is 1.40 bits per heavy atom. The number of nitrogen functional groups attached to an aromatic ring is 1. The Bertz CT molecular complexity index is 539. The number of nitriles is 1. The Morgan fingerprint density at radius 2 is 2.20 bits per heavy atom. The van der Waals surface area contributed by atoms with E-state index in [0.717, 1.165) is 11.3 Å². The fourth-order valence-electron chi connectivity index (χ4n) is 1.28. The van der Waals surface area contributed by atoms with Crippen LogP contribution in [0.2, 0.25) is 5.02 Å². The van der Waals surface area contributed by atoms with Crippen LogP contribution in [0.5, 0.6) is 0 Å². The quantitative estimate of drug-likeness (QED) is 0.770. The number of nitrogens with one attached hydrogen (secondary N) is 1. The summed E-state index contributed by atoms with van der Waals surface area (Å²) in [5, 5.41) is 15.7. The van der Waals surface area contributed by atoms with Gasteiger partial charge in [-0.2, -0.15) is 10.4 Å². The summed E-state index contributed by atoms with van der Waals surface area (Å²) in [4.78, 5) is 0.